The number of nitrogens with zero attached hydrogens (tertiary/aromatic N) is 1. The second-order valence-electron chi connectivity index (χ2n) is 5.41. The molecule has 4 heteroatoms. The van der Waals surface area contributed by atoms with Gasteiger partial charge in [0.2, 0.25) is 0 Å². The van der Waals surface area contributed by atoms with E-state index < -0.39 is 0 Å². The number of aryl methyl sites for hydroxylation is 1. The Bertz CT molecular complexity index is 655. The standard InChI is InChI=1S/C15H19NO3/c1-4-12-9(2)7-14(19-12)16-6-5-13-11(15(16)17)8-10(3)18-13/h5-6,8-9,12,14H,4,7H2,1-3H3/t9-,12-,14-/m1/s1. The van der Waals surface area contributed by atoms with Crippen molar-refractivity contribution in [2.24, 2.45) is 5.92 Å². The van der Waals surface area contributed by atoms with Crippen molar-refractivity contribution in [3.8, 4) is 0 Å². The summed E-state index contributed by atoms with van der Waals surface area (Å²) in [6.07, 6.45) is 3.76. The molecule has 1 aliphatic heterocycles. The number of rotatable bonds is 2. The molecule has 1 aliphatic rings. The summed E-state index contributed by atoms with van der Waals surface area (Å²) in [5, 5.41) is 0.635. The molecule has 0 aromatic carbocycles. The van der Waals surface area contributed by atoms with Crippen molar-refractivity contribution in [1.29, 1.82) is 0 Å². The minimum atomic E-state index is -0.146. The molecule has 0 unspecified atom stereocenters. The van der Waals surface area contributed by atoms with Crippen LogP contribution in [0.5, 0.6) is 0 Å². The number of hydrogen-bond acceptors (Lipinski definition) is 3. The fourth-order valence-electron chi connectivity index (χ4n) is 2.94. The molecule has 0 bridgehead atoms. The molecule has 0 saturated carbocycles. The van der Waals surface area contributed by atoms with Crippen LogP contribution in [-0.4, -0.2) is 10.7 Å². The fraction of sp³-hybridized carbons (Fsp3) is 0.533. The summed E-state index contributed by atoms with van der Waals surface area (Å²) >= 11 is 0. The van der Waals surface area contributed by atoms with Crippen LogP contribution in [0.1, 0.15) is 38.7 Å². The van der Waals surface area contributed by atoms with Gasteiger partial charge in [-0.25, -0.2) is 0 Å². The van der Waals surface area contributed by atoms with E-state index in [1.54, 1.807) is 16.8 Å². The van der Waals surface area contributed by atoms with Crippen molar-refractivity contribution < 1.29 is 9.15 Å². The van der Waals surface area contributed by atoms with Gasteiger partial charge in [-0.3, -0.25) is 9.36 Å². The maximum Gasteiger partial charge on any atom is 0.263 e. The van der Waals surface area contributed by atoms with Crippen LogP contribution in [0.15, 0.2) is 27.5 Å². The molecule has 1 saturated heterocycles. The highest BCUT2D eigenvalue weighted by Crippen LogP contribution is 2.34. The summed E-state index contributed by atoms with van der Waals surface area (Å²) in [7, 11) is 0. The molecule has 0 N–H and O–H groups in total. The first kappa shape index (κ1) is 12.5. The first-order valence-corrected chi connectivity index (χ1v) is 6.87. The molecular formula is C15H19NO3. The van der Waals surface area contributed by atoms with E-state index in [1.165, 1.54) is 0 Å². The average Bonchev–Trinajstić information content (AvgIpc) is 2.92. The molecule has 2 aromatic rings. The molecule has 102 valence electrons. The lowest BCUT2D eigenvalue weighted by Crippen LogP contribution is -2.24. The molecule has 3 atom stereocenters. The zero-order valence-corrected chi connectivity index (χ0v) is 11.6. The minimum Gasteiger partial charge on any atom is -0.461 e. The molecule has 19 heavy (non-hydrogen) atoms. The Morgan fingerprint density at radius 2 is 2.26 bits per heavy atom. The van der Waals surface area contributed by atoms with Gasteiger partial charge in [0.25, 0.3) is 5.56 Å². The highest BCUT2D eigenvalue weighted by atomic mass is 16.5. The molecule has 3 rings (SSSR count). The van der Waals surface area contributed by atoms with Gasteiger partial charge in [0, 0.05) is 6.20 Å². The number of ether oxygens (including phenoxy) is 1. The maximum absolute atomic E-state index is 12.5. The second-order valence-corrected chi connectivity index (χ2v) is 5.41. The smallest absolute Gasteiger partial charge is 0.263 e. The highest BCUT2D eigenvalue weighted by molar-refractivity contribution is 5.76. The van der Waals surface area contributed by atoms with E-state index in [1.807, 2.05) is 13.0 Å². The van der Waals surface area contributed by atoms with Crippen LogP contribution in [0, 0.1) is 12.8 Å². The van der Waals surface area contributed by atoms with E-state index in [2.05, 4.69) is 13.8 Å². The number of fused-ring (bicyclic) bond motifs is 1. The third kappa shape index (κ3) is 2.00. The topological polar surface area (TPSA) is 44.4 Å². The average molecular weight is 261 g/mol. The van der Waals surface area contributed by atoms with E-state index in [0.717, 1.165) is 18.6 Å². The van der Waals surface area contributed by atoms with Gasteiger partial charge in [-0.15, -0.1) is 0 Å². The van der Waals surface area contributed by atoms with E-state index >= 15 is 0 Å². The van der Waals surface area contributed by atoms with E-state index in [0.29, 0.717) is 16.9 Å². The van der Waals surface area contributed by atoms with Crippen LogP contribution in [0.2, 0.25) is 0 Å². The Labute approximate surface area is 112 Å². The highest BCUT2D eigenvalue weighted by Gasteiger charge is 2.32. The van der Waals surface area contributed by atoms with Gasteiger partial charge >= 0.3 is 0 Å². The predicted octanol–water partition coefficient (Wildman–Crippen LogP) is 3.24. The fourth-order valence-corrected chi connectivity index (χ4v) is 2.94. The number of pyridine rings is 1. The van der Waals surface area contributed by atoms with Gasteiger partial charge in [-0.2, -0.15) is 0 Å². The largest absolute Gasteiger partial charge is 0.461 e. The Morgan fingerprint density at radius 1 is 1.47 bits per heavy atom. The number of furan rings is 1. The molecule has 2 aromatic heterocycles. The van der Waals surface area contributed by atoms with Gasteiger partial charge < -0.3 is 9.15 Å². The van der Waals surface area contributed by atoms with Gasteiger partial charge in [0.05, 0.1) is 11.5 Å². The predicted molar refractivity (Wildman–Crippen MR) is 73.2 cm³/mol. The molecule has 4 nitrogen and oxygen atoms in total. The summed E-state index contributed by atoms with van der Waals surface area (Å²) in [6.45, 7) is 6.15. The zero-order chi connectivity index (χ0) is 13.6. The van der Waals surface area contributed by atoms with Crippen LogP contribution in [-0.2, 0) is 4.74 Å². The first-order chi connectivity index (χ1) is 9.10. The Kier molecular flexibility index (Phi) is 2.97. The van der Waals surface area contributed by atoms with Crippen molar-refractivity contribution >= 4 is 11.0 Å². The maximum atomic E-state index is 12.5. The van der Waals surface area contributed by atoms with Crippen LogP contribution in [0.4, 0.5) is 0 Å². The quantitative estimate of drug-likeness (QED) is 0.833. The summed E-state index contributed by atoms with van der Waals surface area (Å²) < 4.78 is 13.2. The molecule has 0 radical (unpaired) electrons. The van der Waals surface area contributed by atoms with Crippen molar-refractivity contribution in [2.45, 2.75) is 45.9 Å². The first-order valence-electron chi connectivity index (χ1n) is 6.87. The van der Waals surface area contributed by atoms with Crippen molar-refractivity contribution in [2.75, 3.05) is 0 Å². The molecular weight excluding hydrogens is 242 g/mol. The summed E-state index contributed by atoms with van der Waals surface area (Å²) in [6, 6.07) is 3.64. The van der Waals surface area contributed by atoms with Crippen LogP contribution < -0.4 is 5.56 Å². The molecule has 0 amide bonds. The van der Waals surface area contributed by atoms with Crippen molar-refractivity contribution in [3.05, 3.63) is 34.4 Å². The second kappa shape index (κ2) is 4.53. The van der Waals surface area contributed by atoms with Gasteiger partial charge in [0.1, 0.15) is 17.6 Å². The van der Waals surface area contributed by atoms with E-state index in [4.69, 9.17) is 9.15 Å². The summed E-state index contributed by atoms with van der Waals surface area (Å²) in [5.41, 5.74) is 0.625. The van der Waals surface area contributed by atoms with Crippen LogP contribution >= 0.6 is 0 Å². The third-order valence-electron chi connectivity index (χ3n) is 3.99. The Morgan fingerprint density at radius 3 is 2.95 bits per heavy atom. The molecule has 0 spiro atoms. The third-order valence-corrected chi connectivity index (χ3v) is 3.99. The monoisotopic (exact) mass is 261 g/mol. The normalized spacial score (nSPS) is 27.2. The van der Waals surface area contributed by atoms with Crippen LogP contribution in [0.25, 0.3) is 11.0 Å². The summed E-state index contributed by atoms with van der Waals surface area (Å²) in [4.78, 5) is 12.5. The molecule has 0 aliphatic carbocycles. The number of hydrogen-bond donors (Lipinski definition) is 0. The lowest BCUT2D eigenvalue weighted by molar-refractivity contribution is -0.00656. The van der Waals surface area contributed by atoms with Crippen molar-refractivity contribution in [3.63, 3.8) is 0 Å². The van der Waals surface area contributed by atoms with Gasteiger partial charge in [-0.1, -0.05) is 13.8 Å². The minimum absolute atomic E-state index is 0.0247. The Balaban J connectivity index is 2.02. The summed E-state index contributed by atoms with van der Waals surface area (Å²) in [5.74, 6) is 1.25. The molecule has 3 heterocycles. The van der Waals surface area contributed by atoms with Gasteiger partial charge in [-0.05, 0) is 37.8 Å². The Hall–Kier alpha value is -1.55. The SMILES string of the molecule is CC[C@H]1O[C@@H](n2ccc3oc(C)cc3c2=O)C[C@H]1C. The molecule has 1 fully saturated rings. The van der Waals surface area contributed by atoms with Crippen LogP contribution in [0.3, 0.4) is 0 Å². The van der Waals surface area contributed by atoms with E-state index in [9.17, 15) is 4.79 Å². The number of aromatic nitrogens is 1. The lowest BCUT2D eigenvalue weighted by atomic mass is 10.0. The lowest BCUT2D eigenvalue weighted by Gasteiger charge is -2.15. The van der Waals surface area contributed by atoms with Gasteiger partial charge in [0.15, 0.2) is 0 Å². The van der Waals surface area contributed by atoms with E-state index in [-0.39, 0.29) is 17.9 Å². The van der Waals surface area contributed by atoms with Crippen molar-refractivity contribution in [1.82, 2.24) is 4.57 Å². The zero-order valence-electron chi connectivity index (χ0n) is 11.6.